The minimum atomic E-state index is -3.68. The number of hydrogen-bond donors (Lipinski definition) is 3. The summed E-state index contributed by atoms with van der Waals surface area (Å²) < 4.78 is 31.7. The smallest absolute Gasteiger partial charge is 0.244 e. The molecule has 1 unspecified atom stereocenters. The number of H-pyrrole nitrogens is 1. The number of aliphatic hydroxyl groups is 1. The average molecular weight is 277 g/mol. The Morgan fingerprint density at radius 3 is 2.78 bits per heavy atom. The van der Waals surface area contributed by atoms with E-state index >= 15 is 0 Å². The fourth-order valence-electron chi connectivity index (χ4n) is 1.61. The molecule has 8 heteroatoms. The molecule has 7 nitrogen and oxygen atoms in total. The van der Waals surface area contributed by atoms with Crippen LogP contribution < -0.4 is 4.72 Å². The van der Waals surface area contributed by atoms with Crippen LogP contribution in [-0.2, 0) is 21.4 Å². The van der Waals surface area contributed by atoms with Crippen LogP contribution in [-0.4, -0.2) is 43.5 Å². The van der Waals surface area contributed by atoms with Crippen molar-refractivity contribution in [3.05, 3.63) is 11.4 Å². The summed E-state index contributed by atoms with van der Waals surface area (Å²) in [5.41, 5.74) is 0.532. The van der Waals surface area contributed by atoms with Crippen molar-refractivity contribution in [2.24, 2.45) is 0 Å². The van der Waals surface area contributed by atoms with Gasteiger partial charge in [-0.2, -0.15) is 5.10 Å². The molecule has 18 heavy (non-hydrogen) atoms. The Kier molecular flexibility index (Phi) is 5.27. The van der Waals surface area contributed by atoms with Crippen molar-refractivity contribution in [3.8, 4) is 0 Å². The highest BCUT2D eigenvalue weighted by Crippen LogP contribution is 2.18. The van der Waals surface area contributed by atoms with Gasteiger partial charge in [-0.3, -0.25) is 5.10 Å². The summed E-state index contributed by atoms with van der Waals surface area (Å²) in [6.45, 7) is 3.40. The van der Waals surface area contributed by atoms with Crippen molar-refractivity contribution in [1.82, 2.24) is 14.9 Å². The SMILES string of the molecule is COCCC(C)NS(=O)(=O)c1c(CO)n[nH]c1C. The molecule has 3 N–H and O–H groups in total. The molecule has 0 bridgehead atoms. The standard InChI is InChI=1S/C10H19N3O4S/c1-7(4-5-17-3)13-18(15,16)10-8(2)11-12-9(10)6-14/h7,13-14H,4-6H2,1-3H3,(H,11,12). The second-order valence-corrected chi connectivity index (χ2v) is 5.74. The van der Waals surface area contributed by atoms with Gasteiger partial charge in [0.15, 0.2) is 0 Å². The summed E-state index contributed by atoms with van der Waals surface area (Å²) in [6.07, 6.45) is 0.571. The quantitative estimate of drug-likeness (QED) is 0.646. The normalized spacial score (nSPS) is 13.8. The molecular formula is C10H19N3O4S. The Labute approximate surface area is 107 Å². The van der Waals surface area contributed by atoms with E-state index in [0.29, 0.717) is 18.7 Å². The molecule has 0 saturated heterocycles. The molecule has 0 aliphatic rings. The lowest BCUT2D eigenvalue weighted by molar-refractivity contribution is 0.188. The highest BCUT2D eigenvalue weighted by Gasteiger charge is 2.25. The Morgan fingerprint density at radius 2 is 2.22 bits per heavy atom. The monoisotopic (exact) mass is 277 g/mol. The van der Waals surface area contributed by atoms with E-state index in [-0.39, 0.29) is 16.6 Å². The van der Waals surface area contributed by atoms with Gasteiger partial charge < -0.3 is 9.84 Å². The van der Waals surface area contributed by atoms with Gasteiger partial charge in [0.05, 0.1) is 12.3 Å². The van der Waals surface area contributed by atoms with Gasteiger partial charge in [0.25, 0.3) is 0 Å². The molecule has 0 aliphatic carbocycles. The van der Waals surface area contributed by atoms with Crippen LogP contribution in [0.2, 0.25) is 0 Å². The Morgan fingerprint density at radius 1 is 1.56 bits per heavy atom. The first-order valence-corrected chi connectivity index (χ1v) is 7.06. The number of hydrogen-bond acceptors (Lipinski definition) is 5. The first-order chi connectivity index (χ1) is 8.42. The lowest BCUT2D eigenvalue weighted by Gasteiger charge is -2.13. The maximum absolute atomic E-state index is 12.1. The second kappa shape index (κ2) is 6.28. The topological polar surface area (TPSA) is 104 Å². The van der Waals surface area contributed by atoms with E-state index in [0.717, 1.165) is 0 Å². The maximum atomic E-state index is 12.1. The van der Waals surface area contributed by atoms with Crippen LogP contribution in [0.4, 0.5) is 0 Å². The van der Waals surface area contributed by atoms with Crippen molar-refractivity contribution in [1.29, 1.82) is 0 Å². The van der Waals surface area contributed by atoms with Gasteiger partial charge in [-0.05, 0) is 20.3 Å². The van der Waals surface area contributed by atoms with Crippen molar-refractivity contribution in [2.75, 3.05) is 13.7 Å². The zero-order valence-corrected chi connectivity index (χ0v) is 11.5. The molecule has 0 fully saturated rings. The minimum Gasteiger partial charge on any atom is -0.390 e. The van der Waals surface area contributed by atoms with Crippen LogP contribution in [0.15, 0.2) is 4.90 Å². The molecule has 104 valence electrons. The fourth-order valence-corrected chi connectivity index (χ4v) is 3.25. The third-order valence-electron chi connectivity index (χ3n) is 2.49. The van der Waals surface area contributed by atoms with Crippen LogP contribution in [0.3, 0.4) is 0 Å². The van der Waals surface area contributed by atoms with Crippen molar-refractivity contribution >= 4 is 10.0 Å². The first kappa shape index (κ1) is 15.1. The van der Waals surface area contributed by atoms with E-state index in [1.54, 1.807) is 21.0 Å². The lowest BCUT2D eigenvalue weighted by Crippen LogP contribution is -2.34. The molecule has 1 atom stereocenters. The summed E-state index contributed by atoms with van der Waals surface area (Å²) in [4.78, 5) is 0.0225. The number of aromatic amines is 1. The first-order valence-electron chi connectivity index (χ1n) is 5.58. The molecule has 0 aliphatic heterocycles. The summed E-state index contributed by atoms with van der Waals surface area (Å²) in [6, 6.07) is -0.254. The number of methoxy groups -OCH3 is 1. The number of rotatable bonds is 7. The minimum absolute atomic E-state index is 0.0225. The highest BCUT2D eigenvalue weighted by molar-refractivity contribution is 7.89. The number of sulfonamides is 1. The van der Waals surface area contributed by atoms with Crippen molar-refractivity contribution in [2.45, 2.75) is 37.8 Å². The predicted molar refractivity (Wildman–Crippen MR) is 65.5 cm³/mol. The zero-order valence-electron chi connectivity index (χ0n) is 10.7. The van der Waals surface area contributed by atoms with Crippen LogP contribution in [0, 0.1) is 6.92 Å². The molecule has 0 amide bonds. The number of nitrogens with zero attached hydrogens (tertiary/aromatic N) is 1. The molecule has 0 spiro atoms. The summed E-state index contributed by atoms with van der Waals surface area (Å²) in [7, 11) is -2.12. The Balaban J connectivity index is 2.89. The average Bonchev–Trinajstić information content (AvgIpc) is 2.67. The molecule has 0 radical (unpaired) electrons. The fraction of sp³-hybridized carbons (Fsp3) is 0.700. The van der Waals surface area contributed by atoms with Crippen LogP contribution >= 0.6 is 0 Å². The number of aryl methyl sites for hydroxylation is 1. The van der Waals surface area contributed by atoms with Crippen LogP contribution in [0.1, 0.15) is 24.7 Å². The highest BCUT2D eigenvalue weighted by atomic mass is 32.2. The van der Waals surface area contributed by atoms with E-state index in [9.17, 15) is 8.42 Å². The van der Waals surface area contributed by atoms with Crippen LogP contribution in [0.25, 0.3) is 0 Å². The number of aliphatic hydroxyl groups excluding tert-OH is 1. The van der Waals surface area contributed by atoms with Gasteiger partial charge in [0.1, 0.15) is 10.6 Å². The molecule has 1 heterocycles. The van der Waals surface area contributed by atoms with Crippen molar-refractivity contribution in [3.63, 3.8) is 0 Å². The van der Waals surface area contributed by atoms with E-state index in [4.69, 9.17) is 9.84 Å². The van der Waals surface area contributed by atoms with Crippen molar-refractivity contribution < 1.29 is 18.3 Å². The molecule has 0 saturated carbocycles. The van der Waals surface area contributed by atoms with E-state index < -0.39 is 16.6 Å². The molecular weight excluding hydrogens is 258 g/mol. The Bertz CT molecular complexity index is 483. The largest absolute Gasteiger partial charge is 0.390 e. The Hall–Kier alpha value is -0.960. The lowest BCUT2D eigenvalue weighted by atomic mass is 10.3. The summed E-state index contributed by atoms with van der Waals surface area (Å²) >= 11 is 0. The molecule has 1 aromatic rings. The number of ether oxygens (including phenoxy) is 1. The number of nitrogens with one attached hydrogen (secondary N) is 2. The van der Waals surface area contributed by atoms with E-state index in [1.807, 2.05) is 0 Å². The van der Waals surface area contributed by atoms with Gasteiger partial charge in [-0.25, -0.2) is 13.1 Å². The third kappa shape index (κ3) is 3.52. The summed E-state index contributed by atoms with van der Waals surface area (Å²) in [5.74, 6) is 0. The zero-order chi connectivity index (χ0) is 13.8. The van der Waals surface area contributed by atoms with E-state index in [2.05, 4.69) is 14.9 Å². The van der Waals surface area contributed by atoms with Gasteiger partial charge in [0, 0.05) is 19.8 Å². The third-order valence-corrected chi connectivity index (χ3v) is 4.28. The molecule has 0 aromatic carbocycles. The van der Waals surface area contributed by atoms with Gasteiger partial charge in [0.2, 0.25) is 10.0 Å². The summed E-state index contributed by atoms with van der Waals surface area (Å²) in [5, 5.41) is 15.4. The van der Waals surface area contributed by atoms with Crippen LogP contribution in [0.5, 0.6) is 0 Å². The molecule has 1 rings (SSSR count). The molecule has 1 aromatic heterocycles. The number of aromatic nitrogens is 2. The van der Waals surface area contributed by atoms with Gasteiger partial charge in [-0.1, -0.05) is 0 Å². The van der Waals surface area contributed by atoms with Gasteiger partial charge in [-0.15, -0.1) is 0 Å². The second-order valence-electron chi connectivity index (χ2n) is 4.09. The van der Waals surface area contributed by atoms with E-state index in [1.165, 1.54) is 0 Å². The predicted octanol–water partition coefficient (Wildman–Crippen LogP) is -0.0863. The maximum Gasteiger partial charge on any atom is 0.244 e. The van der Waals surface area contributed by atoms with Gasteiger partial charge >= 0.3 is 0 Å².